The Morgan fingerprint density at radius 1 is 1.05 bits per heavy atom. The molecule has 1 saturated carbocycles. The minimum atomic E-state index is -0.771. The van der Waals surface area contributed by atoms with Gasteiger partial charge in [-0.05, 0) is 30.9 Å². The molecule has 3 nitrogen and oxygen atoms in total. The predicted molar refractivity (Wildman–Crippen MR) is 76.3 cm³/mol. The van der Waals surface area contributed by atoms with E-state index in [4.69, 9.17) is 0 Å². The van der Waals surface area contributed by atoms with Crippen molar-refractivity contribution in [3.05, 3.63) is 35.4 Å². The SMILES string of the molecule is O=C(CN1CCN(CC2CC2)CC1)c1c(F)cccc1F. The molecule has 0 bridgehead atoms. The number of carbonyl (C=O) groups excluding carboxylic acids is 1. The van der Waals surface area contributed by atoms with E-state index < -0.39 is 23.0 Å². The molecule has 0 aromatic heterocycles. The standard InChI is InChI=1S/C16H20F2N2O/c17-13-2-1-3-14(18)16(13)15(21)11-20-8-6-19(7-9-20)10-12-4-5-12/h1-3,12H,4-11H2. The van der Waals surface area contributed by atoms with Crippen molar-refractivity contribution in [3.8, 4) is 0 Å². The van der Waals surface area contributed by atoms with Gasteiger partial charge in [0.2, 0.25) is 0 Å². The van der Waals surface area contributed by atoms with Crippen LogP contribution in [-0.4, -0.2) is 54.9 Å². The van der Waals surface area contributed by atoms with Crippen molar-refractivity contribution in [2.75, 3.05) is 39.3 Å². The molecule has 2 aliphatic rings. The maximum Gasteiger partial charge on any atom is 0.182 e. The number of halogens is 2. The highest BCUT2D eigenvalue weighted by atomic mass is 19.1. The van der Waals surface area contributed by atoms with Crippen LogP contribution in [0.4, 0.5) is 8.78 Å². The van der Waals surface area contributed by atoms with Gasteiger partial charge in [-0.15, -0.1) is 0 Å². The quantitative estimate of drug-likeness (QED) is 0.778. The van der Waals surface area contributed by atoms with Crippen LogP contribution in [0.15, 0.2) is 18.2 Å². The lowest BCUT2D eigenvalue weighted by Gasteiger charge is -2.34. The number of hydrogen-bond donors (Lipinski definition) is 0. The Kier molecular flexibility index (Phi) is 4.31. The fraction of sp³-hybridized carbons (Fsp3) is 0.562. The number of ketones is 1. The van der Waals surface area contributed by atoms with E-state index in [-0.39, 0.29) is 6.54 Å². The van der Waals surface area contributed by atoms with E-state index in [0.717, 1.165) is 50.8 Å². The maximum atomic E-state index is 13.6. The van der Waals surface area contributed by atoms with E-state index in [0.29, 0.717) is 0 Å². The second-order valence-electron chi connectivity index (χ2n) is 6.04. The molecule has 1 aliphatic carbocycles. The van der Waals surface area contributed by atoms with Crippen LogP contribution in [-0.2, 0) is 0 Å². The highest BCUT2D eigenvalue weighted by Crippen LogP contribution is 2.29. The van der Waals surface area contributed by atoms with Gasteiger partial charge in [0.25, 0.3) is 0 Å². The van der Waals surface area contributed by atoms with Crippen LogP contribution < -0.4 is 0 Å². The van der Waals surface area contributed by atoms with Crippen LogP contribution in [0.25, 0.3) is 0 Å². The molecule has 0 spiro atoms. The van der Waals surface area contributed by atoms with Crippen molar-refractivity contribution in [2.24, 2.45) is 5.92 Å². The molecule has 1 aliphatic heterocycles. The van der Waals surface area contributed by atoms with Crippen LogP contribution in [0, 0.1) is 17.6 Å². The fourth-order valence-corrected chi connectivity index (χ4v) is 2.84. The Morgan fingerprint density at radius 3 is 2.19 bits per heavy atom. The second kappa shape index (κ2) is 6.20. The molecular weight excluding hydrogens is 274 g/mol. The third kappa shape index (κ3) is 3.66. The molecule has 0 unspecified atom stereocenters. The minimum Gasteiger partial charge on any atom is -0.301 e. The average Bonchev–Trinajstić information content (AvgIpc) is 3.25. The summed E-state index contributed by atoms with van der Waals surface area (Å²) in [4.78, 5) is 16.5. The lowest BCUT2D eigenvalue weighted by atomic mass is 10.1. The third-order valence-corrected chi connectivity index (χ3v) is 4.29. The van der Waals surface area contributed by atoms with Crippen LogP contribution >= 0.6 is 0 Å². The molecule has 0 radical (unpaired) electrons. The molecule has 3 rings (SSSR count). The summed E-state index contributed by atoms with van der Waals surface area (Å²) in [6.45, 7) is 4.69. The summed E-state index contributed by atoms with van der Waals surface area (Å²) in [6.07, 6.45) is 2.68. The topological polar surface area (TPSA) is 23.6 Å². The largest absolute Gasteiger partial charge is 0.301 e. The van der Waals surface area contributed by atoms with Crippen LogP contribution in [0.5, 0.6) is 0 Å². The normalized spacial score (nSPS) is 20.7. The predicted octanol–water partition coefficient (Wildman–Crippen LogP) is 2.18. The molecular formula is C16H20F2N2O. The summed E-state index contributed by atoms with van der Waals surface area (Å²) in [5.74, 6) is -1.15. The smallest absolute Gasteiger partial charge is 0.182 e. The highest BCUT2D eigenvalue weighted by Gasteiger charge is 2.27. The van der Waals surface area contributed by atoms with Gasteiger partial charge in [0.05, 0.1) is 12.1 Å². The van der Waals surface area contributed by atoms with E-state index >= 15 is 0 Å². The summed E-state index contributed by atoms with van der Waals surface area (Å²) < 4.78 is 27.2. The van der Waals surface area contributed by atoms with Crippen molar-refractivity contribution in [3.63, 3.8) is 0 Å². The van der Waals surface area contributed by atoms with Crippen LogP contribution in [0.1, 0.15) is 23.2 Å². The monoisotopic (exact) mass is 294 g/mol. The summed E-state index contributed by atoms with van der Waals surface area (Å²) in [6, 6.07) is 3.53. The van der Waals surface area contributed by atoms with E-state index in [1.165, 1.54) is 18.9 Å². The molecule has 0 N–H and O–H groups in total. The first-order valence-corrected chi connectivity index (χ1v) is 7.55. The summed E-state index contributed by atoms with van der Waals surface area (Å²) in [5, 5.41) is 0. The zero-order chi connectivity index (χ0) is 14.8. The molecule has 114 valence electrons. The Bertz CT molecular complexity index is 503. The average molecular weight is 294 g/mol. The number of nitrogens with zero attached hydrogens (tertiary/aromatic N) is 2. The Labute approximate surface area is 123 Å². The Balaban J connectivity index is 1.53. The molecule has 1 aromatic carbocycles. The lowest BCUT2D eigenvalue weighted by Crippen LogP contribution is -2.48. The number of hydrogen-bond acceptors (Lipinski definition) is 3. The fourth-order valence-electron chi connectivity index (χ4n) is 2.84. The molecule has 1 heterocycles. The second-order valence-corrected chi connectivity index (χ2v) is 6.04. The van der Waals surface area contributed by atoms with Gasteiger partial charge in [0.1, 0.15) is 11.6 Å². The summed E-state index contributed by atoms with van der Waals surface area (Å²) in [7, 11) is 0. The molecule has 21 heavy (non-hydrogen) atoms. The molecule has 0 atom stereocenters. The Hall–Kier alpha value is -1.33. The molecule has 2 fully saturated rings. The van der Waals surface area contributed by atoms with Crippen LogP contribution in [0.2, 0.25) is 0 Å². The number of piperazine rings is 1. The summed E-state index contributed by atoms with van der Waals surface area (Å²) in [5.41, 5.74) is -0.405. The number of benzene rings is 1. The van der Waals surface area contributed by atoms with Gasteiger partial charge < -0.3 is 4.90 Å². The highest BCUT2D eigenvalue weighted by molar-refractivity contribution is 5.98. The third-order valence-electron chi connectivity index (χ3n) is 4.29. The molecule has 1 aromatic rings. The number of rotatable bonds is 5. The zero-order valence-electron chi connectivity index (χ0n) is 12.0. The van der Waals surface area contributed by atoms with Gasteiger partial charge in [0.15, 0.2) is 5.78 Å². The Morgan fingerprint density at radius 2 is 1.62 bits per heavy atom. The van der Waals surface area contributed by atoms with E-state index in [2.05, 4.69) is 4.90 Å². The number of carbonyl (C=O) groups is 1. The molecule has 5 heteroatoms. The summed E-state index contributed by atoms with van der Waals surface area (Å²) >= 11 is 0. The first kappa shape index (κ1) is 14.6. The van der Waals surface area contributed by atoms with Gasteiger partial charge in [-0.1, -0.05) is 6.07 Å². The van der Waals surface area contributed by atoms with E-state index in [1.54, 1.807) is 0 Å². The van der Waals surface area contributed by atoms with E-state index in [1.807, 2.05) is 4.90 Å². The van der Waals surface area contributed by atoms with Crippen molar-refractivity contribution >= 4 is 5.78 Å². The molecule has 0 amide bonds. The van der Waals surface area contributed by atoms with E-state index in [9.17, 15) is 13.6 Å². The van der Waals surface area contributed by atoms with Gasteiger partial charge in [-0.3, -0.25) is 9.69 Å². The van der Waals surface area contributed by atoms with Gasteiger partial charge in [-0.2, -0.15) is 0 Å². The zero-order valence-corrected chi connectivity index (χ0v) is 12.0. The first-order valence-electron chi connectivity index (χ1n) is 7.55. The van der Waals surface area contributed by atoms with Crippen molar-refractivity contribution in [2.45, 2.75) is 12.8 Å². The van der Waals surface area contributed by atoms with Gasteiger partial charge >= 0.3 is 0 Å². The van der Waals surface area contributed by atoms with Crippen molar-refractivity contribution in [1.82, 2.24) is 9.80 Å². The maximum absolute atomic E-state index is 13.6. The van der Waals surface area contributed by atoms with Gasteiger partial charge in [0, 0.05) is 32.7 Å². The van der Waals surface area contributed by atoms with Crippen LogP contribution in [0.3, 0.4) is 0 Å². The van der Waals surface area contributed by atoms with Crippen molar-refractivity contribution < 1.29 is 13.6 Å². The minimum absolute atomic E-state index is 0.0924. The number of Topliss-reactive ketones (excluding diaryl/α,β-unsaturated/α-hetero) is 1. The first-order chi connectivity index (χ1) is 10.1. The molecule has 1 saturated heterocycles. The van der Waals surface area contributed by atoms with Crippen molar-refractivity contribution in [1.29, 1.82) is 0 Å². The lowest BCUT2D eigenvalue weighted by molar-refractivity contribution is 0.0839. The van der Waals surface area contributed by atoms with Gasteiger partial charge in [-0.25, -0.2) is 8.78 Å².